The average Bonchev–Trinajstić information content (AvgIpc) is 2.29. The first kappa shape index (κ1) is 12.4. The third-order valence-electron chi connectivity index (χ3n) is 1.96. The zero-order valence-corrected chi connectivity index (χ0v) is 8.87. The van der Waals surface area contributed by atoms with E-state index >= 15 is 0 Å². The molecule has 0 saturated heterocycles. The first-order chi connectivity index (χ1) is 7.58. The van der Waals surface area contributed by atoms with Crippen LogP contribution < -0.4 is 4.74 Å². The van der Waals surface area contributed by atoms with Crippen molar-refractivity contribution < 1.29 is 23.0 Å². The van der Waals surface area contributed by atoms with Crippen LogP contribution in [0.3, 0.4) is 0 Å². The van der Waals surface area contributed by atoms with Gasteiger partial charge in [-0.2, -0.15) is 0 Å². The zero-order valence-electron chi connectivity index (χ0n) is 8.87. The van der Waals surface area contributed by atoms with Gasteiger partial charge in [0, 0.05) is 11.8 Å². The molecule has 0 saturated carbocycles. The predicted molar refractivity (Wildman–Crippen MR) is 51.5 cm³/mol. The standard InChI is InChI=1S/C10H11F2NO3/c1-15-8-3-6(10(11)12)5-13-7(8)4-9(14)16-2/h3,5,10H,4H2,1-2H3. The fraction of sp³-hybridized carbons (Fsp3) is 0.400. The van der Waals surface area contributed by atoms with E-state index in [4.69, 9.17) is 4.74 Å². The number of aromatic nitrogens is 1. The Morgan fingerprint density at radius 1 is 1.50 bits per heavy atom. The summed E-state index contributed by atoms with van der Waals surface area (Å²) in [5.41, 5.74) is 0.0317. The molecule has 0 unspecified atom stereocenters. The van der Waals surface area contributed by atoms with Crippen molar-refractivity contribution in [2.45, 2.75) is 12.8 Å². The van der Waals surface area contributed by atoms with Gasteiger partial charge < -0.3 is 9.47 Å². The summed E-state index contributed by atoms with van der Waals surface area (Å²) < 4.78 is 34.0. The highest BCUT2D eigenvalue weighted by molar-refractivity contribution is 5.72. The van der Waals surface area contributed by atoms with Crippen LogP contribution in [0.1, 0.15) is 17.7 Å². The molecule has 1 rings (SSSR count). The maximum Gasteiger partial charge on any atom is 0.311 e. The van der Waals surface area contributed by atoms with Crippen LogP contribution in [0.5, 0.6) is 5.75 Å². The highest BCUT2D eigenvalue weighted by Gasteiger charge is 2.14. The van der Waals surface area contributed by atoms with Crippen LogP contribution in [0.4, 0.5) is 8.78 Å². The molecule has 1 heterocycles. The van der Waals surface area contributed by atoms with Gasteiger partial charge in [-0.1, -0.05) is 0 Å². The Morgan fingerprint density at radius 3 is 2.69 bits per heavy atom. The van der Waals surface area contributed by atoms with E-state index in [1.807, 2.05) is 0 Å². The van der Waals surface area contributed by atoms with Crippen molar-refractivity contribution in [3.05, 3.63) is 23.5 Å². The third-order valence-corrected chi connectivity index (χ3v) is 1.96. The summed E-state index contributed by atoms with van der Waals surface area (Å²) in [5.74, 6) is -0.348. The number of hydrogen-bond acceptors (Lipinski definition) is 4. The molecule has 1 aromatic heterocycles. The lowest BCUT2D eigenvalue weighted by Crippen LogP contribution is -2.08. The van der Waals surface area contributed by atoms with Gasteiger partial charge in [-0.3, -0.25) is 9.78 Å². The number of methoxy groups -OCH3 is 2. The normalized spacial score (nSPS) is 10.3. The maximum atomic E-state index is 12.4. The molecule has 1 aromatic rings. The van der Waals surface area contributed by atoms with Crippen molar-refractivity contribution in [3.8, 4) is 5.75 Å². The van der Waals surface area contributed by atoms with Gasteiger partial charge in [-0.05, 0) is 6.07 Å². The first-order valence-electron chi connectivity index (χ1n) is 4.46. The van der Waals surface area contributed by atoms with E-state index in [-0.39, 0.29) is 23.4 Å². The summed E-state index contributed by atoms with van der Waals surface area (Å²) >= 11 is 0. The van der Waals surface area contributed by atoms with Gasteiger partial charge in [0.2, 0.25) is 0 Å². The molecule has 0 fully saturated rings. The topological polar surface area (TPSA) is 48.4 Å². The lowest BCUT2D eigenvalue weighted by molar-refractivity contribution is -0.139. The van der Waals surface area contributed by atoms with E-state index in [0.29, 0.717) is 0 Å². The molecule has 4 nitrogen and oxygen atoms in total. The molecule has 0 aliphatic carbocycles. The number of nitrogens with zero attached hydrogens (tertiary/aromatic N) is 1. The van der Waals surface area contributed by atoms with Crippen molar-refractivity contribution in [1.82, 2.24) is 4.98 Å². The molecule has 0 atom stereocenters. The Bertz CT molecular complexity index is 382. The summed E-state index contributed by atoms with van der Waals surface area (Å²) in [5, 5.41) is 0. The molecule has 0 aliphatic heterocycles. The van der Waals surface area contributed by atoms with E-state index in [1.165, 1.54) is 14.2 Å². The van der Waals surface area contributed by atoms with Crippen LogP contribution in [0.15, 0.2) is 12.3 Å². The van der Waals surface area contributed by atoms with Crippen LogP contribution in [-0.2, 0) is 16.0 Å². The fourth-order valence-corrected chi connectivity index (χ4v) is 1.13. The number of rotatable bonds is 4. The van der Waals surface area contributed by atoms with E-state index in [2.05, 4.69) is 9.72 Å². The van der Waals surface area contributed by atoms with E-state index in [9.17, 15) is 13.6 Å². The molecule has 6 heteroatoms. The molecule has 0 radical (unpaired) electrons. The highest BCUT2D eigenvalue weighted by atomic mass is 19.3. The number of esters is 1. The van der Waals surface area contributed by atoms with Crippen molar-refractivity contribution >= 4 is 5.97 Å². The van der Waals surface area contributed by atoms with Gasteiger partial charge in [-0.15, -0.1) is 0 Å². The Hall–Kier alpha value is -1.72. The lowest BCUT2D eigenvalue weighted by atomic mass is 10.2. The van der Waals surface area contributed by atoms with Gasteiger partial charge in [0.1, 0.15) is 5.75 Å². The third kappa shape index (κ3) is 2.88. The number of halogens is 2. The summed E-state index contributed by atoms with van der Waals surface area (Å²) in [7, 11) is 2.56. The number of pyridine rings is 1. The molecule has 0 N–H and O–H groups in total. The summed E-state index contributed by atoms with van der Waals surface area (Å²) in [4.78, 5) is 14.8. The van der Waals surface area contributed by atoms with Crippen molar-refractivity contribution in [1.29, 1.82) is 0 Å². The van der Waals surface area contributed by atoms with Crippen molar-refractivity contribution in [2.75, 3.05) is 14.2 Å². The molecule has 0 spiro atoms. The van der Waals surface area contributed by atoms with Gasteiger partial charge >= 0.3 is 5.97 Å². The number of hydrogen-bond donors (Lipinski definition) is 0. The molecule has 0 aliphatic rings. The van der Waals surface area contributed by atoms with Gasteiger partial charge in [-0.25, -0.2) is 8.78 Å². The Kier molecular flexibility index (Phi) is 4.16. The lowest BCUT2D eigenvalue weighted by Gasteiger charge is -2.08. The van der Waals surface area contributed by atoms with Crippen LogP contribution in [-0.4, -0.2) is 25.2 Å². The minimum Gasteiger partial charge on any atom is -0.495 e. The van der Waals surface area contributed by atoms with Crippen molar-refractivity contribution in [3.63, 3.8) is 0 Å². The zero-order chi connectivity index (χ0) is 12.1. The Morgan fingerprint density at radius 2 is 2.19 bits per heavy atom. The van der Waals surface area contributed by atoms with E-state index < -0.39 is 12.4 Å². The second kappa shape index (κ2) is 5.39. The molecule has 0 bridgehead atoms. The maximum absolute atomic E-state index is 12.4. The smallest absolute Gasteiger partial charge is 0.311 e. The SMILES string of the molecule is COC(=O)Cc1ncc(C(F)F)cc1OC. The Labute approximate surface area is 91.2 Å². The predicted octanol–water partition coefficient (Wildman–Crippen LogP) is 1.74. The Balaban J connectivity index is 2.97. The monoisotopic (exact) mass is 231 g/mol. The minimum atomic E-state index is -2.62. The second-order valence-electron chi connectivity index (χ2n) is 2.97. The van der Waals surface area contributed by atoms with Gasteiger partial charge in [0.25, 0.3) is 6.43 Å². The summed E-state index contributed by atoms with van der Waals surface area (Å²) in [6, 6.07) is 1.16. The van der Waals surface area contributed by atoms with E-state index in [1.54, 1.807) is 0 Å². The fourth-order valence-electron chi connectivity index (χ4n) is 1.13. The summed E-state index contributed by atoms with van der Waals surface area (Å²) in [6.07, 6.45) is -1.71. The van der Waals surface area contributed by atoms with E-state index in [0.717, 1.165) is 12.3 Å². The molecule has 0 amide bonds. The molecular weight excluding hydrogens is 220 g/mol. The van der Waals surface area contributed by atoms with Crippen LogP contribution in [0.2, 0.25) is 0 Å². The van der Waals surface area contributed by atoms with Crippen LogP contribution in [0.25, 0.3) is 0 Å². The van der Waals surface area contributed by atoms with Crippen molar-refractivity contribution in [2.24, 2.45) is 0 Å². The number of carbonyl (C=O) groups excluding carboxylic acids is 1. The van der Waals surface area contributed by atoms with Crippen LogP contribution >= 0.6 is 0 Å². The first-order valence-corrected chi connectivity index (χ1v) is 4.46. The van der Waals surface area contributed by atoms with Gasteiger partial charge in [0.05, 0.1) is 26.3 Å². The largest absolute Gasteiger partial charge is 0.495 e. The number of alkyl halides is 2. The quantitative estimate of drug-likeness (QED) is 0.740. The van der Waals surface area contributed by atoms with Crippen LogP contribution in [0, 0.1) is 0 Å². The molecular formula is C10H11F2NO3. The summed E-state index contributed by atoms with van der Waals surface area (Å²) in [6.45, 7) is 0. The average molecular weight is 231 g/mol. The number of ether oxygens (including phenoxy) is 2. The minimum absolute atomic E-state index is 0.108. The molecule has 16 heavy (non-hydrogen) atoms. The number of carbonyl (C=O) groups is 1. The molecule has 88 valence electrons. The second-order valence-corrected chi connectivity index (χ2v) is 2.97. The highest BCUT2D eigenvalue weighted by Crippen LogP contribution is 2.24. The molecule has 0 aromatic carbocycles. The van der Waals surface area contributed by atoms with Gasteiger partial charge in [0.15, 0.2) is 0 Å².